The number of rotatable bonds is 4. The highest BCUT2D eigenvalue weighted by Crippen LogP contribution is 2.26. The van der Waals surface area contributed by atoms with E-state index in [0.717, 1.165) is 19.5 Å². The molecule has 0 saturated carbocycles. The average molecular weight is 460 g/mol. The SMILES string of the molecule is CC1CC(C)CN(C(=O)CSc2nc3ccccc3c(=O)n2-c2ccc(F)c(Cl)c2)C1. The van der Waals surface area contributed by atoms with Crippen LogP contribution in [0.15, 0.2) is 52.4 Å². The highest BCUT2D eigenvalue weighted by molar-refractivity contribution is 7.99. The van der Waals surface area contributed by atoms with Crippen molar-refractivity contribution in [1.29, 1.82) is 0 Å². The summed E-state index contributed by atoms with van der Waals surface area (Å²) in [7, 11) is 0. The van der Waals surface area contributed by atoms with Crippen LogP contribution in [0, 0.1) is 17.7 Å². The minimum absolute atomic E-state index is 0.0227. The largest absolute Gasteiger partial charge is 0.341 e. The van der Waals surface area contributed by atoms with E-state index in [2.05, 4.69) is 18.8 Å². The van der Waals surface area contributed by atoms with Crippen molar-refractivity contribution < 1.29 is 9.18 Å². The summed E-state index contributed by atoms with van der Waals surface area (Å²) in [5.41, 5.74) is 0.667. The number of fused-ring (bicyclic) bond motifs is 1. The Kier molecular flexibility index (Phi) is 6.34. The zero-order chi connectivity index (χ0) is 22.1. The molecule has 1 aliphatic rings. The topological polar surface area (TPSA) is 55.2 Å². The molecule has 2 unspecified atom stereocenters. The molecular weight excluding hydrogens is 437 g/mol. The fourth-order valence-electron chi connectivity index (χ4n) is 4.15. The fraction of sp³-hybridized carbons (Fsp3) is 0.348. The number of hydrogen-bond donors (Lipinski definition) is 0. The Balaban J connectivity index is 1.70. The van der Waals surface area contributed by atoms with Crippen LogP contribution in [0.1, 0.15) is 20.3 Å². The maximum atomic E-state index is 13.7. The summed E-state index contributed by atoms with van der Waals surface area (Å²) in [4.78, 5) is 32.7. The summed E-state index contributed by atoms with van der Waals surface area (Å²) in [6, 6.07) is 11.1. The van der Waals surface area contributed by atoms with Crippen molar-refractivity contribution in [1.82, 2.24) is 14.5 Å². The number of para-hydroxylation sites is 1. The first kappa shape index (κ1) is 21.8. The normalized spacial score (nSPS) is 19.0. The molecule has 5 nitrogen and oxygen atoms in total. The van der Waals surface area contributed by atoms with Gasteiger partial charge in [-0.15, -0.1) is 0 Å². The molecule has 3 aromatic rings. The van der Waals surface area contributed by atoms with E-state index in [1.807, 2.05) is 11.0 Å². The van der Waals surface area contributed by atoms with Crippen LogP contribution in [0.3, 0.4) is 0 Å². The predicted octanol–water partition coefficient (Wildman–Crippen LogP) is 4.77. The molecule has 31 heavy (non-hydrogen) atoms. The van der Waals surface area contributed by atoms with E-state index in [1.165, 1.54) is 34.5 Å². The number of piperidine rings is 1. The van der Waals surface area contributed by atoms with Gasteiger partial charge in [-0.25, -0.2) is 9.37 Å². The van der Waals surface area contributed by atoms with E-state index in [-0.39, 0.29) is 22.2 Å². The smallest absolute Gasteiger partial charge is 0.266 e. The van der Waals surface area contributed by atoms with Crippen LogP contribution >= 0.6 is 23.4 Å². The minimum atomic E-state index is -0.565. The van der Waals surface area contributed by atoms with Crippen LogP contribution in [0.2, 0.25) is 5.02 Å². The van der Waals surface area contributed by atoms with Gasteiger partial charge in [0, 0.05) is 13.1 Å². The molecule has 2 heterocycles. The molecule has 1 amide bonds. The quantitative estimate of drug-likeness (QED) is 0.416. The number of carbonyl (C=O) groups is 1. The highest BCUT2D eigenvalue weighted by atomic mass is 35.5. The second-order valence-electron chi connectivity index (χ2n) is 8.18. The summed E-state index contributed by atoms with van der Waals surface area (Å²) in [5.74, 6) is 0.561. The average Bonchev–Trinajstić information content (AvgIpc) is 2.73. The fourth-order valence-corrected chi connectivity index (χ4v) is 5.24. The number of aromatic nitrogens is 2. The van der Waals surface area contributed by atoms with E-state index in [4.69, 9.17) is 11.6 Å². The van der Waals surface area contributed by atoms with Crippen LogP contribution in [-0.4, -0.2) is 39.2 Å². The molecule has 1 saturated heterocycles. The summed E-state index contributed by atoms with van der Waals surface area (Å²) in [5, 5.41) is 0.732. The number of nitrogens with zero attached hydrogens (tertiary/aromatic N) is 3. The third kappa shape index (κ3) is 4.62. The van der Waals surface area contributed by atoms with Gasteiger partial charge in [0.25, 0.3) is 5.56 Å². The summed E-state index contributed by atoms with van der Waals surface area (Å²) >= 11 is 7.17. The lowest BCUT2D eigenvalue weighted by Crippen LogP contribution is -2.43. The number of hydrogen-bond acceptors (Lipinski definition) is 4. The lowest BCUT2D eigenvalue weighted by Gasteiger charge is -2.35. The second kappa shape index (κ2) is 9.01. The first-order valence-electron chi connectivity index (χ1n) is 10.2. The molecule has 2 aromatic carbocycles. The Hall–Kier alpha value is -2.38. The van der Waals surface area contributed by atoms with Gasteiger partial charge in [0.05, 0.1) is 27.4 Å². The van der Waals surface area contributed by atoms with Crippen molar-refractivity contribution in [2.75, 3.05) is 18.8 Å². The summed E-state index contributed by atoms with van der Waals surface area (Å²) in [6.07, 6.45) is 1.12. The predicted molar refractivity (Wildman–Crippen MR) is 123 cm³/mol. The van der Waals surface area contributed by atoms with Crippen LogP contribution in [0.5, 0.6) is 0 Å². The van der Waals surface area contributed by atoms with Crippen molar-refractivity contribution in [3.05, 3.63) is 63.7 Å². The van der Waals surface area contributed by atoms with Gasteiger partial charge < -0.3 is 4.90 Å². The molecule has 1 aliphatic heterocycles. The molecule has 162 valence electrons. The maximum Gasteiger partial charge on any atom is 0.266 e. The molecule has 0 aliphatic carbocycles. The number of benzene rings is 2. The van der Waals surface area contributed by atoms with Crippen LogP contribution in [0.4, 0.5) is 4.39 Å². The Labute approximate surface area is 189 Å². The van der Waals surface area contributed by atoms with Gasteiger partial charge in [0.1, 0.15) is 5.82 Å². The number of likely N-dealkylation sites (tertiary alicyclic amines) is 1. The Morgan fingerprint density at radius 2 is 1.90 bits per heavy atom. The van der Waals surface area contributed by atoms with Gasteiger partial charge in [-0.05, 0) is 48.6 Å². The first-order valence-corrected chi connectivity index (χ1v) is 11.6. The third-order valence-corrected chi connectivity index (χ3v) is 6.67. The third-order valence-electron chi connectivity index (χ3n) is 5.45. The minimum Gasteiger partial charge on any atom is -0.341 e. The Morgan fingerprint density at radius 1 is 1.19 bits per heavy atom. The van der Waals surface area contributed by atoms with Crippen molar-refractivity contribution in [3.8, 4) is 5.69 Å². The lowest BCUT2D eigenvalue weighted by molar-refractivity contribution is -0.130. The van der Waals surface area contributed by atoms with Crippen LogP contribution in [-0.2, 0) is 4.79 Å². The molecule has 0 radical (unpaired) electrons. The molecular formula is C23H23ClFN3O2S. The van der Waals surface area contributed by atoms with E-state index < -0.39 is 5.82 Å². The van der Waals surface area contributed by atoms with Gasteiger partial charge in [-0.1, -0.05) is 49.3 Å². The van der Waals surface area contributed by atoms with Gasteiger partial charge in [0.2, 0.25) is 5.91 Å². The molecule has 8 heteroatoms. The maximum absolute atomic E-state index is 13.7. The molecule has 4 rings (SSSR count). The first-order chi connectivity index (χ1) is 14.8. The number of halogens is 2. The van der Waals surface area contributed by atoms with Crippen molar-refractivity contribution in [3.63, 3.8) is 0 Å². The molecule has 1 fully saturated rings. The monoisotopic (exact) mass is 459 g/mol. The van der Waals surface area contributed by atoms with Gasteiger partial charge in [0.15, 0.2) is 5.16 Å². The van der Waals surface area contributed by atoms with Crippen molar-refractivity contribution in [2.45, 2.75) is 25.4 Å². The number of carbonyl (C=O) groups excluding carboxylic acids is 1. The summed E-state index contributed by atoms with van der Waals surface area (Å²) in [6.45, 7) is 5.80. The van der Waals surface area contributed by atoms with Crippen LogP contribution < -0.4 is 5.56 Å². The van der Waals surface area contributed by atoms with Gasteiger partial charge in [-0.3, -0.25) is 14.2 Å². The molecule has 2 atom stereocenters. The standard InChI is InChI=1S/C23H23ClFN3O2S/c1-14-9-15(2)12-27(11-14)21(29)13-31-23-26-20-6-4-3-5-17(20)22(30)28(23)16-7-8-19(25)18(24)10-16/h3-8,10,14-15H,9,11-13H2,1-2H3. The lowest BCUT2D eigenvalue weighted by atomic mass is 9.92. The van der Waals surface area contributed by atoms with E-state index >= 15 is 0 Å². The van der Waals surface area contributed by atoms with Crippen LogP contribution in [0.25, 0.3) is 16.6 Å². The van der Waals surface area contributed by atoms with E-state index in [1.54, 1.807) is 18.2 Å². The Morgan fingerprint density at radius 3 is 2.61 bits per heavy atom. The second-order valence-corrected chi connectivity index (χ2v) is 9.53. The van der Waals surface area contributed by atoms with Gasteiger partial charge in [-0.2, -0.15) is 0 Å². The molecule has 0 bridgehead atoms. The molecule has 0 spiro atoms. The molecule has 0 N–H and O–H groups in total. The number of thioether (sulfide) groups is 1. The van der Waals surface area contributed by atoms with Crippen molar-refractivity contribution in [2.24, 2.45) is 11.8 Å². The van der Waals surface area contributed by atoms with E-state index in [9.17, 15) is 14.0 Å². The zero-order valence-electron chi connectivity index (χ0n) is 17.3. The van der Waals surface area contributed by atoms with Crippen molar-refractivity contribution >= 4 is 40.2 Å². The highest BCUT2D eigenvalue weighted by Gasteiger charge is 2.26. The summed E-state index contributed by atoms with van der Waals surface area (Å²) < 4.78 is 15.1. The van der Waals surface area contributed by atoms with E-state index in [0.29, 0.717) is 33.6 Å². The van der Waals surface area contributed by atoms with Gasteiger partial charge >= 0.3 is 0 Å². The molecule has 1 aromatic heterocycles. The zero-order valence-corrected chi connectivity index (χ0v) is 18.9. The number of amides is 1. The Bertz CT molecular complexity index is 1190.